The van der Waals surface area contributed by atoms with Crippen LogP contribution in [0.25, 0.3) is 83.9 Å². The predicted molar refractivity (Wildman–Crippen MR) is 211 cm³/mol. The first-order valence-corrected chi connectivity index (χ1v) is 17.4. The summed E-state index contributed by atoms with van der Waals surface area (Å²) in [6, 6.07) is 54.8. The Morgan fingerprint density at radius 1 is 0.404 bits per heavy atom. The van der Waals surface area contributed by atoms with Crippen LogP contribution in [0.1, 0.15) is 11.1 Å². The Hall–Kier alpha value is -6.72. The van der Waals surface area contributed by atoms with Crippen LogP contribution in [0.5, 0.6) is 0 Å². The van der Waals surface area contributed by atoms with Crippen LogP contribution in [-0.2, 0) is 0 Å². The fraction of sp³-hybridized carbons (Fsp3) is 0.0426. The minimum atomic E-state index is -0.305. The van der Waals surface area contributed by atoms with Gasteiger partial charge in [0, 0.05) is 33.2 Å². The highest BCUT2D eigenvalue weighted by Gasteiger charge is 2.19. The first kappa shape index (κ1) is 31.3. The molecule has 0 aliphatic carbocycles. The van der Waals surface area contributed by atoms with Crippen molar-refractivity contribution in [2.75, 3.05) is 0 Å². The maximum atomic E-state index is 14.8. The smallest absolute Gasteiger partial charge is 0.164 e. The summed E-state index contributed by atoms with van der Waals surface area (Å²) < 4.78 is 17.1. The standard InChI is InChI=1S/C47H33FN4/c1-30-24-31(2)26-36(25-30)34-20-23-44-41(28-34)40-18-9-10-19-43(40)52(44)38-21-22-39(35-16-11-17-37(48)27-35)42(29-38)47-50-45(32-12-5-3-6-13-32)49-46(51-47)33-14-7-4-8-15-33/h3-29H,1-2H3. The summed E-state index contributed by atoms with van der Waals surface area (Å²) >= 11 is 0. The molecule has 0 atom stereocenters. The summed E-state index contributed by atoms with van der Waals surface area (Å²) in [4.78, 5) is 15.1. The van der Waals surface area contributed by atoms with Gasteiger partial charge in [0.25, 0.3) is 0 Å². The topological polar surface area (TPSA) is 43.6 Å². The molecule has 0 bridgehead atoms. The van der Waals surface area contributed by atoms with E-state index in [9.17, 15) is 4.39 Å². The lowest BCUT2D eigenvalue weighted by molar-refractivity contribution is 0.628. The number of nitrogens with zero attached hydrogens (tertiary/aromatic N) is 4. The van der Waals surface area contributed by atoms with Gasteiger partial charge >= 0.3 is 0 Å². The molecule has 0 radical (unpaired) electrons. The minimum Gasteiger partial charge on any atom is -0.309 e. The molecule has 0 saturated heterocycles. The number of fused-ring (bicyclic) bond motifs is 3. The van der Waals surface area contributed by atoms with E-state index in [1.54, 1.807) is 12.1 Å². The van der Waals surface area contributed by atoms with Gasteiger partial charge in [0.15, 0.2) is 17.5 Å². The largest absolute Gasteiger partial charge is 0.309 e. The highest BCUT2D eigenvalue weighted by atomic mass is 19.1. The molecule has 2 aromatic heterocycles. The second kappa shape index (κ2) is 12.9. The van der Waals surface area contributed by atoms with Crippen LogP contribution in [-0.4, -0.2) is 19.5 Å². The first-order chi connectivity index (χ1) is 25.5. The molecule has 0 amide bonds. The first-order valence-electron chi connectivity index (χ1n) is 17.4. The molecular weight excluding hydrogens is 640 g/mol. The average Bonchev–Trinajstić information content (AvgIpc) is 3.51. The molecule has 9 rings (SSSR count). The van der Waals surface area contributed by atoms with E-state index in [1.165, 1.54) is 33.7 Å². The Labute approximate surface area is 301 Å². The highest BCUT2D eigenvalue weighted by molar-refractivity contribution is 6.10. The normalized spacial score (nSPS) is 11.4. The van der Waals surface area contributed by atoms with Crippen molar-refractivity contribution in [1.82, 2.24) is 19.5 Å². The number of aryl methyl sites for hydroxylation is 2. The molecule has 7 aromatic carbocycles. The molecular formula is C47H33FN4. The lowest BCUT2D eigenvalue weighted by atomic mass is 9.97. The molecule has 0 saturated carbocycles. The van der Waals surface area contributed by atoms with Gasteiger partial charge in [0.2, 0.25) is 0 Å². The molecule has 0 fully saturated rings. The Morgan fingerprint density at radius 2 is 1.02 bits per heavy atom. The number of hydrogen-bond acceptors (Lipinski definition) is 3. The minimum absolute atomic E-state index is 0.305. The third-order valence-electron chi connectivity index (χ3n) is 9.56. The number of halogens is 1. The van der Waals surface area contributed by atoms with Crippen LogP contribution in [0.3, 0.4) is 0 Å². The van der Waals surface area contributed by atoms with Gasteiger partial charge in [0.1, 0.15) is 5.82 Å². The third kappa shape index (κ3) is 5.72. The predicted octanol–water partition coefficient (Wildman–Crippen LogP) is 12.1. The van der Waals surface area contributed by atoms with Gasteiger partial charge in [-0.05, 0) is 78.6 Å². The van der Waals surface area contributed by atoms with Crippen molar-refractivity contribution in [3.63, 3.8) is 0 Å². The van der Waals surface area contributed by atoms with E-state index in [2.05, 4.69) is 97.3 Å². The van der Waals surface area contributed by atoms with Crippen LogP contribution in [0.15, 0.2) is 164 Å². The van der Waals surface area contributed by atoms with Crippen LogP contribution in [0.2, 0.25) is 0 Å². The van der Waals surface area contributed by atoms with E-state index in [0.717, 1.165) is 49.9 Å². The van der Waals surface area contributed by atoms with Gasteiger partial charge in [-0.3, -0.25) is 0 Å². The Balaban J connectivity index is 1.30. The van der Waals surface area contributed by atoms with Crippen molar-refractivity contribution in [3.05, 3.63) is 181 Å². The fourth-order valence-electron chi connectivity index (χ4n) is 7.27. The number of rotatable bonds is 6. The number of benzene rings is 7. The fourth-order valence-corrected chi connectivity index (χ4v) is 7.27. The zero-order valence-corrected chi connectivity index (χ0v) is 28.8. The maximum Gasteiger partial charge on any atom is 0.164 e. The SMILES string of the molecule is Cc1cc(C)cc(-c2ccc3c(c2)c2ccccc2n3-c2ccc(-c3cccc(F)c3)c(-c3nc(-c4ccccc4)nc(-c4ccccc4)n3)c2)c1. The second-order valence-corrected chi connectivity index (χ2v) is 13.2. The van der Waals surface area contributed by atoms with Crippen LogP contribution >= 0.6 is 0 Å². The van der Waals surface area contributed by atoms with E-state index in [1.807, 2.05) is 66.7 Å². The lowest BCUT2D eigenvalue weighted by Crippen LogP contribution is -2.02. The summed E-state index contributed by atoms with van der Waals surface area (Å²) in [5, 5.41) is 2.33. The number of hydrogen-bond donors (Lipinski definition) is 0. The molecule has 9 aromatic rings. The van der Waals surface area contributed by atoms with Crippen molar-refractivity contribution in [3.8, 4) is 62.1 Å². The van der Waals surface area contributed by atoms with E-state index < -0.39 is 0 Å². The summed E-state index contributed by atoms with van der Waals surface area (Å²) in [6.45, 7) is 4.29. The van der Waals surface area contributed by atoms with Crippen LogP contribution in [0, 0.1) is 19.7 Å². The van der Waals surface area contributed by atoms with E-state index in [-0.39, 0.29) is 5.82 Å². The van der Waals surface area contributed by atoms with Crippen LogP contribution < -0.4 is 0 Å². The van der Waals surface area contributed by atoms with Gasteiger partial charge in [-0.15, -0.1) is 0 Å². The Morgan fingerprint density at radius 3 is 1.71 bits per heavy atom. The zero-order valence-electron chi connectivity index (χ0n) is 28.8. The highest BCUT2D eigenvalue weighted by Crippen LogP contribution is 2.39. The summed E-state index contributed by atoms with van der Waals surface area (Å²) in [5.74, 6) is 1.33. The van der Waals surface area contributed by atoms with E-state index >= 15 is 0 Å². The molecule has 4 nitrogen and oxygen atoms in total. The third-order valence-corrected chi connectivity index (χ3v) is 9.56. The zero-order chi connectivity index (χ0) is 35.2. The molecule has 248 valence electrons. The van der Waals surface area contributed by atoms with Crippen molar-refractivity contribution < 1.29 is 4.39 Å². The summed E-state index contributed by atoms with van der Waals surface area (Å²) in [5.41, 5.74) is 12.1. The molecule has 0 aliphatic rings. The van der Waals surface area contributed by atoms with E-state index in [4.69, 9.17) is 15.0 Å². The maximum absolute atomic E-state index is 14.8. The molecule has 0 unspecified atom stereocenters. The van der Waals surface area contributed by atoms with Gasteiger partial charge in [0.05, 0.1) is 11.0 Å². The van der Waals surface area contributed by atoms with Gasteiger partial charge in [-0.25, -0.2) is 19.3 Å². The monoisotopic (exact) mass is 672 g/mol. The molecule has 0 N–H and O–H groups in total. The van der Waals surface area contributed by atoms with Gasteiger partial charge < -0.3 is 4.57 Å². The average molecular weight is 673 g/mol. The van der Waals surface area contributed by atoms with E-state index in [0.29, 0.717) is 17.5 Å². The Bertz CT molecular complexity index is 2690. The second-order valence-electron chi connectivity index (χ2n) is 13.2. The molecule has 2 heterocycles. The van der Waals surface area contributed by atoms with Gasteiger partial charge in [-0.2, -0.15) is 0 Å². The number of aromatic nitrogens is 4. The summed E-state index contributed by atoms with van der Waals surface area (Å²) in [7, 11) is 0. The van der Waals surface area contributed by atoms with Crippen molar-refractivity contribution in [2.24, 2.45) is 0 Å². The van der Waals surface area contributed by atoms with Crippen LogP contribution in [0.4, 0.5) is 4.39 Å². The van der Waals surface area contributed by atoms with Crippen molar-refractivity contribution in [2.45, 2.75) is 13.8 Å². The number of para-hydroxylation sites is 1. The molecule has 0 aliphatic heterocycles. The van der Waals surface area contributed by atoms with Crippen molar-refractivity contribution >= 4 is 21.8 Å². The van der Waals surface area contributed by atoms with Crippen molar-refractivity contribution in [1.29, 1.82) is 0 Å². The lowest BCUT2D eigenvalue weighted by Gasteiger charge is -2.15. The van der Waals surface area contributed by atoms with Gasteiger partial charge in [-0.1, -0.05) is 132 Å². The molecule has 52 heavy (non-hydrogen) atoms. The Kier molecular flexibility index (Phi) is 7.74. The molecule has 0 spiro atoms. The molecule has 5 heteroatoms. The summed E-state index contributed by atoms with van der Waals surface area (Å²) in [6.07, 6.45) is 0. The quantitative estimate of drug-likeness (QED) is 0.177.